The highest BCUT2D eigenvalue weighted by molar-refractivity contribution is 9.10. The summed E-state index contributed by atoms with van der Waals surface area (Å²) in [5.41, 5.74) is 0.931. The van der Waals surface area contributed by atoms with Crippen molar-refractivity contribution in [2.45, 2.75) is 6.10 Å². The molecule has 0 spiro atoms. The minimum atomic E-state index is -0.426. The van der Waals surface area contributed by atoms with Gasteiger partial charge in [-0.3, -0.25) is 10.1 Å². The number of anilines is 1. The van der Waals surface area contributed by atoms with E-state index < -0.39 is 4.92 Å². The molecule has 1 unspecified atom stereocenters. The van der Waals surface area contributed by atoms with E-state index in [0.29, 0.717) is 24.2 Å². The van der Waals surface area contributed by atoms with Crippen molar-refractivity contribution in [3.05, 3.63) is 32.8 Å². The smallest absolute Gasteiger partial charge is 0.270 e. The SMILES string of the molecule is O=[N+]([O-])c1ccc(N2CCOC(CO)C2)c(Br)c1. The number of hydrogen-bond acceptors (Lipinski definition) is 5. The lowest BCUT2D eigenvalue weighted by Gasteiger charge is -2.34. The van der Waals surface area contributed by atoms with Crippen LogP contribution in [-0.4, -0.2) is 42.4 Å². The number of morpholine rings is 1. The lowest BCUT2D eigenvalue weighted by Crippen LogP contribution is -2.44. The maximum absolute atomic E-state index is 10.7. The zero-order valence-electron chi connectivity index (χ0n) is 9.58. The van der Waals surface area contributed by atoms with Crippen LogP contribution in [0.25, 0.3) is 0 Å². The highest BCUT2D eigenvalue weighted by Gasteiger charge is 2.22. The van der Waals surface area contributed by atoms with Crippen LogP contribution in [0.2, 0.25) is 0 Å². The number of hydrogen-bond donors (Lipinski definition) is 1. The number of nitro benzene ring substituents is 1. The van der Waals surface area contributed by atoms with Crippen molar-refractivity contribution in [2.24, 2.45) is 0 Å². The Morgan fingerprint density at radius 1 is 1.61 bits per heavy atom. The second-order valence-electron chi connectivity index (χ2n) is 4.01. The largest absolute Gasteiger partial charge is 0.394 e. The predicted octanol–water partition coefficient (Wildman–Crippen LogP) is 1.55. The van der Waals surface area contributed by atoms with Crippen LogP contribution in [0.3, 0.4) is 0 Å². The van der Waals surface area contributed by atoms with E-state index in [-0.39, 0.29) is 18.4 Å². The van der Waals surface area contributed by atoms with Gasteiger partial charge in [0.15, 0.2) is 0 Å². The molecular weight excluding hydrogens is 304 g/mol. The lowest BCUT2D eigenvalue weighted by atomic mass is 10.2. The summed E-state index contributed by atoms with van der Waals surface area (Å²) >= 11 is 3.34. The van der Waals surface area contributed by atoms with E-state index in [1.54, 1.807) is 6.07 Å². The molecule has 18 heavy (non-hydrogen) atoms. The zero-order chi connectivity index (χ0) is 13.1. The Kier molecular flexibility index (Phi) is 4.15. The average molecular weight is 317 g/mol. The number of rotatable bonds is 3. The number of aliphatic hydroxyl groups is 1. The first-order chi connectivity index (χ1) is 8.61. The predicted molar refractivity (Wildman–Crippen MR) is 69.8 cm³/mol. The molecule has 0 aliphatic carbocycles. The minimum absolute atomic E-state index is 0.0267. The van der Waals surface area contributed by atoms with Crippen LogP contribution in [0.1, 0.15) is 0 Å². The molecule has 98 valence electrons. The third kappa shape index (κ3) is 2.80. The molecule has 2 rings (SSSR count). The highest BCUT2D eigenvalue weighted by Crippen LogP contribution is 2.31. The zero-order valence-corrected chi connectivity index (χ0v) is 11.2. The van der Waals surface area contributed by atoms with Gasteiger partial charge in [0.25, 0.3) is 5.69 Å². The first-order valence-electron chi connectivity index (χ1n) is 5.53. The third-order valence-corrected chi connectivity index (χ3v) is 3.46. The van der Waals surface area contributed by atoms with Gasteiger partial charge in [0.2, 0.25) is 0 Å². The topological polar surface area (TPSA) is 75.8 Å². The summed E-state index contributed by atoms with van der Waals surface area (Å²) in [4.78, 5) is 12.3. The molecule has 1 aromatic rings. The standard InChI is InChI=1S/C11H13BrN2O4/c12-10-5-8(14(16)17)1-2-11(10)13-3-4-18-9(6-13)7-15/h1-2,5,9,15H,3-4,6-7H2. The summed E-state index contributed by atoms with van der Waals surface area (Å²) in [7, 11) is 0. The quantitative estimate of drug-likeness (QED) is 0.676. The molecular formula is C11H13BrN2O4. The molecule has 1 heterocycles. The molecule has 1 aromatic carbocycles. The molecule has 1 saturated heterocycles. The Hall–Kier alpha value is -1.18. The van der Waals surface area contributed by atoms with Gasteiger partial charge in [0.05, 0.1) is 29.9 Å². The van der Waals surface area contributed by atoms with Crippen LogP contribution in [-0.2, 0) is 4.74 Å². The normalized spacial score (nSPS) is 19.9. The Morgan fingerprint density at radius 3 is 3.00 bits per heavy atom. The van der Waals surface area contributed by atoms with E-state index in [4.69, 9.17) is 9.84 Å². The van der Waals surface area contributed by atoms with Crippen molar-refractivity contribution in [1.82, 2.24) is 0 Å². The molecule has 0 aromatic heterocycles. The Labute approximate surface area is 112 Å². The average Bonchev–Trinajstić information content (AvgIpc) is 2.38. The fourth-order valence-electron chi connectivity index (χ4n) is 1.91. The first-order valence-corrected chi connectivity index (χ1v) is 6.32. The maximum atomic E-state index is 10.7. The lowest BCUT2D eigenvalue weighted by molar-refractivity contribution is -0.384. The van der Waals surface area contributed by atoms with Crippen LogP contribution >= 0.6 is 15.9 Å². The second-order valence-corrected chi connectivity index (χ2v) is 4.87. The summed E-state index contributed by atoms with van der Waals surface area (Å²) in [5, 5.41) is 19.7. The Bertz CT molecular complexity index is 455. The van der Waals surface area contributed by atoms with Gasteiger partial charge in [-0.25, -0.2) is 0 Å². The van der Waals surface area contributed by atoms with Crippen molar-refractivity contribution < 1.29 is 14.8 Å². The summed E-state index contributed by atoms with van der Waals surface area (Å²) in [6, 6.07) is 4.67. The van der Waals surface area contributed by atoms with E-state index in [9.17, 15) is 10.1 Å². The second kappa shape index (κ2) is 5.64. The van der Waals surface area contributed by atoms with Crippen molar-refractivity contribution in [3.63, 3.8) is 0 Å². The van der Waals surface area contributed by atoms with Gasteiger partial charge in [0, 0.05) is 29.7 Å². The number of ether oxygens (including phenoxy) is 1. The number of aliphatic hydroxyl groups excluding tert-OH is 1. The summed E-state index contributed by atoms with van der Waals surface area (Å²) in [5.74, 6) is 0. The molecule has 0 amide bonds. The van der Waals surface area contributed by atoms with E-state index in [1.807, 2.05) is 4.90 Å². The van der Waals surface area contributed by atoms with Crippen LogP contribution in [0.5, 0.6) is 0 Å². The molecule has 1 N–H and O–H groups in total. The molecule has 7 heteroatoms. The van der Waals surface area contributed by atoms with Crippen molar-refractivity contribution in [1.29, 1.82) is 0 Å². The Balaban J connectivity index is 2.20. The number of nitrogens with zero attached hydrogens (tertiary/aromatic N) is 2. The van der Waals surface area contributed by atoms with Crippen LogP contribution in [0, 0.1) is 10.1 Å². The van der Waals surface area contributed by atoms with Crippen molar-refractivity contribution >= 4 is 27.3 Å². The molecule has 6 nitrogen and oxygen atoms in total. The number of nitro groups is 1. The molecule has 1 atom stereocenters. The number of non-ortho nitro benzene ring substituents is 1. The summed E-state index contributed by atoms with van der Waals surface area (Å²) < 4.78 is 6.04. The first kappa shape index (κ1) is 13.3. The van der Waals surface area contributed by atoms with Gasteiger partial charge in [-0.15, -0.1) is 0 Å². The van der Waals surface area contributed by atoms with Gasteiger partial charge < -0.3 is 14.7 Å². The molecule has 1 aliphatic rings. The number of benzene rings is 1. The number of halogens is 1. The van der Waals surface area contributed by atoms with Gasteiger partial charge in [0.1, 0.15) is 0 Å². The van der Waals surface area contributed by atoms with Crippen LogP contribution < -0.4 is 4.90 Å². The van der Waals surface area contributed by atoms with Gasteiger partial charge >= 0.3 is 0 Å². The monoisotopic (exact) mass is 316 g/mol. The van der Waals surface area contributed by atoms with Crippen molar-refractivity contribution in [2.75, 3.05) is 31.2 Å². The minimum Gasteiger partial charge on any atom is -0.394 e. The van der Waals surface area contributed by atoms with Crippen LogP contribution in [0.15, 0.2) is 22.7 Å². The van der Waals surface area contributed by atoms with Gasteiger partial charge in [-0.05, 0) is 22.0 Å². The van der Waals surface area contributed by atoms with Crippen molar-refractivity contribution in [3.8, 4) is 0 Å². The van der Waals surface area contributed by atoms with E-state index in [1.165, 1.54) is 12.1 Å². The Morgan fingerprint density at radius 2 is 2.39 bits per heavy atom. The van der Waals surface area contributed by atoms with Crippen LogP contribution in [0.4, 0.5) is 11.4 Å². The maximum Gasteiger partial charge on any atom is 0.270 e. The fourth-order valence-corrected chi connectivity index (χ4v) is 2.53. The van der Waals surface area contributed by atoms with Gasteiger partial charge in [-0.1, -0.05) is 0 Å². The third-order valence-electron chi connectivity index (χ3n) is 2.83. The molecule has 0 radical (unpaired) electrons. The summed E-state index contributed by atoms with van der Waals surface area (Å²) in [6.07, 6.45) is -0.208. The van der Waals surface area contributed by atoms with E-state index >= 15 is 0 Å². The van der Waals surface area contributed by atoms with Gasteiger partial charge in [-0.2, -0.15) is 0 Å². The molecule has 1 fully saturated rings. The molecule has 1 aliphatic heterocycles. The summed E-state index contributed by atoms with van der Waals surface area (Å²) in [6.45, 7) is 1.79. The molecule has 0 saturated carbocycles. The van der Waals surface area contributed by atoms with E-state index in [0.717, 1.165) is 5.69 Å². The highest BCUT2D eigenvalue weighted by atomic mass is 79.9. The fraction of sp³-hybridized carbons (Fsp3) is 0.455. The van der Waals surface area contributed by atoms with E-state index in [2.05, 4.69) is 15.9 Å². The molecule has 0 bridgehead atoms.